The second-order valence-electron chi connectivity index (χ2n) is 17.2. The molecule has 0 unspecified atom stereocenters. The first-order valence-corrected chi connectivity index (χ1v) is 21.8. The Labute approximate surface area is 367 Å². The first kappa shape index (κ1) is 43.2. The highest BCUT2D eigenvalue weighted by molar-refractivity contribution is 5.88. The average molecular weight is 857 g/mol. The molecule has 5 aromatic rings. The molecule has 15 heteroatoms. The molecule has 0 bridgehead atoms. The topological polar surface area (TPSA) is 184 Å². The number of rotatable bonds is 14. The zero-order chi connectivity index (χ0) is 44.2. The molecule has 3 aromatic carbocycles. The molecule has 0 radical (unpaired) electrons. The molecule has 63 heavy (non-hydrogen) atoms. The van der Waals surface area contributed by atoms with Crippen LogP contribution in [0, 0.1) is 11.8 Å². The SMILES string of the molecule is COC[C@H]1C[C@@H](c2ncc(-c3ccc(-c4ccc(-c5cnc([C@@H]6CC[C@H](C)N6C(=O)[C@@H](NC(=O)OC)C(C)C)[nH]5)cc4)cc3)[nH]2)N(C(=O)[C@H](NC(=O)OC2CC2)c2ccccc2)C1. The lowest BCUT2D eigenvalue weighted by molar-refractivity contribution is -0.137. The minimum atomic E-state index is -0.917. The molecule has 3 fully saturated rings. The summed E-state index contributed by atoms with van der Waals surface area (Å²) in [6.45, 7) is 6.79. The molecule has 4 N–H and O–H groups in total. The number of benzene rings is 3. The van der Waals surface area contributed by atoms with Crippen LogP contribution < -0.4 is 10.6 Å². The van der Waals surface area contributed by atoms with E-state index in [0.717, 1.165) is 59.3 Å². The van der Waals surface area contributed by atoms with Crippen molar-refractivity contribution in [3.8, 4) is 33.6 Å². The van der Waals surface area contributed by atoms with Crippen LogP contribution in [0.1, 0.15) is 88.2 Å². The van der Waals surface area contributed by atoms with Crippen molar-refractivity contribution < 1.29 is 33.4 Å². The molecular weight excluding hydrogens is 801 g/mol. The number of nitrogens with zero attached hydrogens (tertiary/aromatic N) is 4. The van der Waals surface area contributed by atoms with Crippen molar-refractivity contribution in [2.75, 3.05) is 27.4 Å². The van der Waals surface area contributed by atoms with E-state index in [1.807, 2.05) is 68.1 Å². The number of hydrogen-bond donors (Lipinski definition) is 4. The first-order valence-electron chi connectivity index (χ1n) is 21.8. The Morgan fingerprint density at radius 2 is 1.32 bits per heavy atom. The third kappa shape index (κ3) is 9.63. The second kappa shape index (κ2) is 18.9. The molecule has 8 rings (SSSR count). The molecule has 0 spiro atoms. The molecule has 3 aliphatic rings. The van der Waals surface area contributed by atoms with Crippen LogP contribution in [-0.2, 0) is 23.8 Å². The molecular formula is C48H56N8O7. The predicted molar refractivity (Wildman–Crippen MR) is 236 cm³/mol. The van der Waals surface area contributed by atoms with Crippen molar-refractivity contribution >= 4 is 24.0 Å². The van der Waals surface area contributed by atoms with Crippen molar-refractivity contribution in [1.29, 1.82) is 0 Å². The monoisotopic (exact) mass is 856 g/mol. The molecule has 2 aromatic heterocycles. The van der Waals surface area contributed by atoms with Gasteiger partial charge in [-0.25, -0.2) is 19.6 Å². The highest BCUT2D eigenvalue weighted by Crippen LogP contribution is 2.39. The fourth-order valence-electron chi connectivity index (χ4n) is 8.84. The lowest BCUT2D eigenvalue weighted by Gasteiger charge is -2.32. The average Bonchev–Trinajstić information content (AvgIpc) is 3.70. The van der Waals surface area contributed by atoms with Gasteiger partial charge in [0.05, 0.1) is 49.6 Å². The predicted octanol–water partition coefficient (Wildman–Crippen LogP) is 7.73. The number of carbonyl (C=O) groups excluding carboxylic acids is 4. The minimum Gasteiger partial charge on any atom is -0.453 e. The Kier molecular flexibility index (Phi) is 12.9. The molecule has 15 nitrogen and oxygen atoms in total. The minimum absolute atomic E-state index is 0.00742. The zero-order valence-corrected chi connectivity index (χ0v) is 36.4. The summed E-state index contributed by atoms with van der Waals surface area (Å²) in [6, 6.07) is 23.5. The van der Waals surface area contributed by atoms with Gasteiger partial charge in [0.2, 0.25) is 5.91 Å². The van der Waals surface area contributed by atoms with E-state index in [4.69, 9.17) is 24.2 Å². The van der Waals surface area contributed by atoms with Gasteiger partial charge in [-0.2, -0.15) is 0 Å². The normalized spacial score (nSPS) is 20.7. The molecule has 330 valence electrons. The summed E-state index contributed by atoms with van der Waals surface area (Å²) >= 11 is 0. The van der Waals surface area contributed by atoms with Crippen molar-refractivity contribution in [3.63, 3.8) is 0 Å². The summed E-state index contributed by atoms with van der Waals surface area (Å²) in [7, 11) is 2.95. The van der Waals surface area contributed by atoms with Crippen LogP contribution in [0.5, 0.6) is 0 Å². The van der Waals surface area contributed by atoms with E-state index in [2.05, 4.69) is 57.0 Å². The van der Waals surface area contributed by atoms with E-state index in [-0.39, 0.29) is 47.9 Å². The van der Waals surface area contributed by atoms with E-state index >= 15 is 0 Å². The molecule has 6 atom stereocenters. The summed E-state index contributed by atoms with van der Waals surface area (Å²) in [5.74, 6) is 0.972. The number of H-pyrrole nitrogens is 2. The van der Waals surface area contributed by atoms with Gasteiger partial charge in [0.25, 0.3) is 5.91 Å². The standard InChI is InChI=1S/C48H56N8O7/c1-28(2)41(53-47(59)62-5)46(58)56-29(3)11-22-39(56)43-49-24-37(51-43)33-16-12-31(13-17-33)32-14-18-34(19-15-32)38-25-50-44(52-38)40-23-30(27-61-4)26-55(40)45(57)42(35-9-7-6-8-10-35)54-48(60)63-36-20-21-36/h6-10,12-19,24-25,28-30,36,39-42H,11,20-23,26-27H2,1-5H3,(H,49,51)(H,50,52)(H,53,59)(H,54,60)/t29-,30-,39-,40-,41-,42+/m0/s1. The van der Waals surface area contributed by atoms with Gasteiger partial charge in [-0.3, -0.25) is 9.59 Å². The summed E-state index contributed by atoms with van der Waals surface area (Å²) in [5.41, 5.74) is 6.35. The highest BCUT2D eigenvalue weighted by Gasteiger charge is 2.43. The Morgan fingerprint density at radius 3 is 1.87 bits per heavy atom. The number of likely N-dealkylation sites (tertiary alicyclic amines) is 2. The number of hydrogen-bond acceptors (Lipinski definition) is 9. The van der Waals surface area contributed by atoms with Crippen LogP contribution in [0.2, 0.25) is 0 Å². The Morgan fingerprint density at radius 1 is 0.730 bits per heavy atom. The maximum absolute atomic E-state index is 14.4. The van der Waals surface area contributed by atoms with Gasteiger partial charge < -0.3 is 44.6 Å². The zero-order valence-electron chi connectivity index (χ0n) is 36.4. The third-order valence-corrected chi connectivity index (χ3v) is 12.4. The fraction of sp³-hybridized carbons (Fsp3) is 0.417. The van der Waals surface area contributed by atoms with Crippen LogP contribution in [0.15, 0.2) is 91.3 Å². The Balaban J connectivity index is 0.947. The number of amides is 4. The number of carbonyl (C=O) groups is 4. The number of nitrogens with one attached hydrogen (secondary N) is 4. The summed E-state index contributed by atoms with van der Waals surface area (Å²) < 4.78 is 15.8. The number of methoxy groups -OCH3 is 2. The quantitative estimate of drug-likeness (QED) is 0.0868. The first-order chi connectivity index (χ1) is 30.5. The van der Waals surface area contributed by atoms with Crippen molar-refractivity contribution in [3.05, 3.63) is 108 Å². The van der Waals surface area contributed by atoms with Gasteiger partial charge in [0.1, 0.15) is 29.8 Å². The van der Waals surface area contributed by atoms with Crippen LogP contribution in [0.25, 0.3) is 33.6 Å². The summed E-state index contributed by atoms with van der Waals surface area (Å²) in [6.07, 6.45) is 6.20. The molecule has 2 saturated heterocycles. The van der Waals surface area contributed by atoms with Crippen molar-refractivity contribution in [2.45, 2.75) is 89.2 Å². The summed E-state index contributed by atoms with van der Waals surface area (Å²) in [5, 5.41) is 5.57. The van der Waals surface area contributed by atoms with Crippen LogP contribution in [0.3, 0.4) is 0 Å². The molecule has 1 aliphatic carbocycles. The molecule has 2 aliphatic heterocycles. The van der Waals surface area contributed by atoms with E-state index in [9.17, 15) is 19.2 Å². The van der Waals surface area contributed by atoms with Gasteiger partial charge in [-0.05, 0) is 72.8 Å². The van der Waals surface area contributed by atoms with Gasteiger partial charge in [-0.15, -0.1) is 0 Å². The Bertz CT molecular complexity index is 2380. The van der Waals surface area contributed by atoms with Gasteiger partial charge in [0.15, 0.2) is 0 Å². The lowest BCUT2D eigenvalue weighted by atomic mass is 10.0. The highest BCUT2D eigenvalue weighted by atomic mass is 16.6. The largest absolute Gasteiger partial charge is 0.453 e. The molecule has 1 saturated carbocycles. The van der Waals surface area contributed by atoms with Crippen LogP contribution >= 0.6 is 0 Å². The van der Waals surface area contributed by atoms with Crippen molar-refractivity contribution in [1.82, 2.24) is 40.4 Å². The number of aromatic nitrogens is 4. The lowest BCUT2D eigenvalue weighted by Crippen LogP contribution is -2.52. The maximum Gasteiger partial charge on any atom is 0.408 e. The van der Waals surface area contributed by atoms with Gasteiger partial charge in [-0.1, -0.05) is 92.7 Å². The molecule has 4 amide bonds. The Hall–Kier alpha value is -6.48. The van der Waals surface area contributed by atoms with Crippen LogP contribution in [0.4, 0.5) is 9.59 Å². The third-order valence-electron chi connectivity index (χ3n) is 12.4. The number of aromatic amines is 2. The van der Waals surface area contributed by atoms with Gasteiger partial charge >= 0.3 is 12.2 Å². The second-order valence-corrected chi connectivity index (χ2v) is 17.2. The number of alkyl carbamates (subject to hydrolysis) is 2. The van der Waals surface area contributed by atoms with E-state index in [1.54, 1.807) is 24.4 Å². The van der Waals surface area contributed by atoms with E-state index < -0.39 is 24.3 Å². The molecule has 4 heterocycles. The summed E-state index contributed by atoms with van der Waals surface area (Å²) in [4.78, 5) is 73.2. The van der Waals surface area contributed by atoms with E-state index in [1.165, 1.54) is 7.11 Å². The fourth-order valence-corrected chi connectivity index (χ4v) is 8.84. The van der Waals surface area contributed by atoms with E-state index in [0.29, 0.717) is 36.8 Å². The van der Waals surface area contributed by atoms with Crippen LogP contribution in [-0.4, -0.2) is 99.3 Å². The van der Waals surface area contributed by atoms with Gasteiger partial charge in [0, 0.05) is 25.6 Å². The maximum atomic E-state index is 14.4. The van der Waals surface area contributed by atoms with Crippen molar-refractivity contribution in [2.24, 2.45) is 11.8 Å². The number of ether oxygens (including phenoxy) is 3. The smallest absolute Gasteiger partial charge is 0.408 e. The number of imidazole rings is 2.